The Labute approximate surface area is 155 Å². The summed E-state index contributed by atoms with van der Waals surface area (Å²) in [5.41, 5.74) is 2.50. The molecule has 0 spiro atoms. The Morgan fingerprint density at radius 3 is 2.81 bits per heavy atom. The molecule has 1 amide bonds. The van der Waals surface area contributed by atoms with Crippen molar-refractivity contribution in [3.8, 4) is 11.3 Å². The fourth-order valence-electron chi connectivity index (χ4n) is 4.56. The van der Waals surface area contributed by atoms with E-state index < -0.39 is 0 Å². The molecule has 26 heavy (non-hydrogen) atoms. The molecule has 0 aliphatic carbocycles. The van der Waals surface area contributed by atoms with E-state index in [4.69, 9.17) is 0 Å². The molecule has 2 aromatic rings. The van der Waals surface area contributed by atoms with Crippen LogP contribution in [0.5, 0.6) is 0 Å². The van der Waals surface area contributed by atoms with E-state index in [1.165, 1.54) is 45.2 Å². The van der Waals surface area contributed by atoms with Crippen LogP contribution < -0.4 is 5.32 Å². The number of aromatic nitrogens is 2. The molecule has 5 nitrogen and oxygen atoms in total. The summed E-state index contributed by atoms with van der Waals surface area (Å²) in [5, 5.41) is 7.69. The molecule has 0 saturated carbocycles. The van der Waals surface area contributed by atoms with Gasteiger partial charge in [0.25, 0.3) is 5.91 Å². The van der Waals surface area contributed by atoms with Crippen molar-refractivity contribution in [2.24, 2.45) is 13.0 Å². The highest BCUT2D eigenvalue weighted by atomic mass is 16.2. The van der Waals surface area contributed by atoms with Crippen LogP contribution in [0.4, 0.5) is 0 Å². The molecule has 1 aromatic carbocycles. The number of benzene rings is 1. The molecule has 1 N–H and O–H groups in total. The molecular weight excluding hydrogens is 324 g/mol. The molecule has 0 unspecified atom stereocenters. The zero-order chi connectivity index (χ0) is 17.9. The van der Waals surface area contributed by atoms with Gasteiger partial charge in [0, 0.05) is 25.2 Å². The van der Waals surface area contributed by atoms with Crippen LogP contribution in [0.2, 0.25) is 0 Å². The van der Waals surface area contributed by atoms with Gasteiger partial charge >= 0.3 is 0 Å². The van der Waals surface area contributed by atoms with Gasteiger partial charge in [0.2, 0.25) is 0 Å². The average Bonchev–Trinajstić information content (AvgIpc) is 3.08. The van der Waals surface area contributed by atoms with Crippen LogP contribution in [0.25, 0.3) is 11.3 Å². The first kappa shape index (κ1) is 17.3. The first-order chi connectivity index (χ1) is 12.7. The molecule has 0 radical (unpaired) electrons. The molecule has 0 bridgehead atoms. The topological polar surface area (TPSA) is 50.2 Å². The van der Waals surface area contributed by atoms with Crippen LogP contribution in [0, 0.1) is 5.92 Å². The quantitative estimate of drug-likeness (QED) is 0.920. The van der Waals surface area contributed by atoms with E-state index >= 15 is 0 Å². The highest BCUT2D eigenvalue weighted by molar-refractivity contribution is 5.93. The number of nitrogens with one attached hydrogen (secondary N) is 1. The summed E-state index contributed by atoms with van der Waals surface area (Å²) in [5.74, 6) is 0.560. The number of carbonyl (C=O) groups is 1. The summed E-state index contributed by atoms with van der Waals surface area (Å²) in [6, 6.07) is 12.5. The number of carbonyl (C=O) groups excluding carboxylic acids is 1. The highest BCUT2D eigenvalue weighted by Crippen LogP contribution is 2.30. The fraction of sp³-hybridized carbons (Fsp3) is 0.524. The minimum absolute atomic E-state index is 0.0184. The first-order valence-corrected chi connectivity index (χ1v) is 9.84. The summed E-state index contributed by atoms with van der Waals surface area (Å²) < 4.78 is 1.69. The third kappa shape index (κ3) is 3.54. The second-order valence-electron chi connectivity index (χ2n) is 7.62. The van der Waals surface area contributed by atoms with Crippen LogP contribution in [0.1, 0.15) is 42.6 Å². The summed E-state index contributed by atoms with van der Waals surface area (Å²) in [6.45, 7) is 3.24. The number of hydrogen-bond acceptors (Lipinski definition) is 3. The first-order valence-electron chi connectivity index (χ1n) is 9.84. The van der Waals surface area contributed by atoms with Crippen molar-refractivity contribution in [1.29, 1.82) is 0 Å². The molecular formula is C21H28N4O. The third-order valence-corrected chi connectivity index (χ3v) is 5.94. The van der Waals surface area contributed by atoms with Gasteiger partial charge < -0.3 is 10.2 Å². The minimum atomic E-state index is -0.0184. The van der Waals surface area contributed by atoms with Crippen molar-refractivity contribution in [3.63, 3.8) is 0 Å². The van der Waals surface area contributed by atoms with Crippen LogP contribution in [0.3, 0.4) is 0 Å². The van der Waals surface area contributed by atoms with Gasteiger partial charge in [-0.05, 0) is 50.8 Å². The Kier molecular flexibility index (Phi) is 5.07. The zero-order valence-electron chi connectivity index (χ0n) is 15.5. The van der Waals surface area contributed by atoms with E-state index in [1.54, 1.807) is 4.68 Å². The maximum atomic E-state index is 12.7. The van der Waals surface area contributed by atoms with Gasteiger partial charge in [0.1, 0.15) is 5.69 Å². The zero-order valence-corrected chi connectivity index (χ0v) is 15.5. The molecule has 1 aromatic heterocycles. The van der Waals surface area contributed by atoms with E-state index in [1.807, 2.05) is 43.4 Å². The SMILES string of the molecule is Cn1nc(-c2ccccc2)cc1C(=O)NC[C@@H]1CCCN2CCCC[C@H]12. The molecule has 138 valence electrons. The molecule has 2 saturated heterocycles. The van der Waals surface area contributed by atoms with E-state index in [2.05, 4.69) is 15.3 Å². The van der Waals surface area contributed by atoms with Gasteiger partial charge in [-0.2, -0.15) is 5.10 Å². The minimum Gasteiger partial charge on any atom is -0.350 e. The molecule has 2 aliphatic heterocycles. The van der Waals surface area contributed by atoms with E-state index in [0.717, 1.165) is 17.8 Å². The lowest BCUT2D eigenvalue weighted by atomic mass is 9.83. The molecule has 2 atom stereocenters. The lowest BCUT2D eigenvalue weighted by molar-refractivity contribution is 0.0574. The number of rotatable bonds is 4. The maximum absolute atomic E-state index is 12.7. The van der Waals surface area contributed by atoms with Crippen molar-refractivity contribution in [1.82, 2.24) is 20.0 Å². The fourth-order valence-corrected chi connectivity index (χ4v) is 4.56. The molecule has 4 rings (SSSR count). The second-order valence-corrected chi connectivity index (χ2v) is 7.62. The van der Waals surface area contributed by atoms with Gasteiger partial charge in [-0.3, -0.25) is 9.48 Å². The Balaban J connectivity index is 1.41. The van der Waals surface area contributed by atoms with E-state index in [9.17, 15) is 4.79 Å². The lowest BCUT2D eigenvalue weighted by Crippen LogP contribution is -2.51. The van der Waals surface area contributed by atoms with Crippen molar-refractivity contribution in [2.45, 2.75) is 38.1 Å². The normalized spacial score (nSPS) is 23.4. The van der Waals surface area contributed by atoms with Crippen LogP contribution in [-0.2, 0) is 7.05 Å². The standard InChI is InChI=1S/C21H28N4O/c1-24-20(14-18(23-24)16-8-3-2-4-9-16)21(26)22-15-17-10-7-13-25-12-6-5-11-19(17)25/h2-4,8-9,14,17,19H,5-7,10-13,15H2,1H3,(H,22,26)/t17-,19+/m0/s1. The second kappa shape index (κ2) is 7.62. The summed E-state index contributed by atoms with van der Waals surface area (Å²) >= 11 is 0. The summed E-state index contributed by atoms with van der Waals surface area (Å²) in [7, 11) is 1.84. The Bertz CT molecular complexity index is 753. The average molecular weight is 352 g/mol. The molecule has 3 heterocycles. The van der Waals surface area contributed by atoms with Crippen molar-refractivity contribution in [3.05, 3.63) is 42.1 Å². The molecule has 2 fully saturated rings. The highest BCUT2D eigenvalue weighted by Gasteiger charge is 2.33. The number of fused-ring (bicyclic) bond motifs is 1. The molecule has 2 aliphatic rings. The number of amides is 1. The lowest BCUT2D eigenvalue weighted by Gasteiger charge is -2.44. The van der Waals surface area contributed by atoms with Gasteiger partial charge in [0.15, 0.2) is 0 Å². The Hall–Kier alpha value is -2.14. The predicted octanol–water partition coefficient (Wildman–Crippen LogP) is 3.08. The maximum Gasteiger partial charge on any atom is 0.269 e. The van der Waals surface area contributed by atoms with E-state index in [-0.39, 0.29) is 5.91 Å². The number of piperidine rings is 2. The number of hydrogen-bond donors (Lipinski definition) is 1. The van der Waals surface area contributed by atoms with E-state index in [0.29, 0.717) is 17.7 Å². The van der Waals surface area contributed by atoms with Crippen molar-refractivity contribution in [2.75, 3.05) is 19.6 Å². The monoisotopic (exact) mass is 352 g/mol. The summed E-state index contributed by atoms with van der Waals surface area (Å²) in [6.07, 6.45) is 6.41. The Morgan fingerprint density at radius 2 is 1.96 bits per heavy atom. The van der Waals surface area contributed by atoms with Crippen molar-refractivity contribution < 1.29 is 4.79 Å². The number of nitrogens with zero attached hydrogens (tertiary/aromatic N) is 3. The van der Waals surface area contributed by atoms with Gasteiger partial charge in [-0.25, -0.2) is 0 Å². The smallest absolute Gasteiger partial charge is 0.269 e. The van der Waals surface area contributed by atoms with Crippen molar-refractivity contribution >= 4 is 5.91 Å². The number of aryl methyl sites for hydroxylation is 1. The Morgan fingerprint density at radius 1 is 1.15 bits per heavy atom. The van der Waals surface area contributed by atoms with Crippen LogP contribution >= 0.6 is 0 Å². The van der Waals surface area contributed by atoms with Gasteiger partial charge in [-0.1, -0.05) is 36.8 Å². The predicted molar refractivity (Wildman–Crippen MR) is 103 cm³/mol. The molecule has 5 heteroatoms. The largest absolute Gasteiger partial charge is 0.350 e. The van der Waals surface area contributed by atoms with Gasteiger partial charge in [-0.15, -0.1) is 0 Å². The summed E-state index contributed by atoms with van der Waals surface area (Å²) in [4.78, 5) is 15.4. The van der Waals surface area contributed by atoms with Crippen LogP contribution in [-0.4, -0.2) is 46.3 Å². The van der Waals surface area contributed by atoms with Crippen LogP contribution in [0.15, 0.2) is 36.4 Å². The third-order valence-electron chi connectivity index (χ3n) is 5.94. The van der Waals surface area contributed by atoms with Gasteiger partial charge in [0.05, 0.1) is 5.69 Å².